The van der Waals surface area contributed by atoms with Crippen molar-refractivity contribution in [3.05, 3.63) is 37.0 Å². The van der Waals surface area contributed by atoms with Crippen molar-refractivity contribution >= 4 is 0 Å². The van der Waals surface area contributed by atoms with Crippen LogP contribution in [-0.4, -0.2) is 7.05 Å². The van der Waals surface area contributed by atoms with Gasteiger partial charge in [0.25, 0.3) is 0 Å². The lowest BCUT2D eigenvalue weighted by Crippen LogP contribution is -1.69. The molecule has 0 aliphatic rings. The van der Waals surface area contributed by atoms with E-state index in [1.165, 1.54) is 64.0 Å². The Balaban J connectivity index is -0.0000000273. The molecule has 0 rings (SSSR count). The molecule has 0 saturated heterocycles. The van der Waals surface area contributed by atoms with Gasteiger partial charge in [-0.05, 0) is 40.7 Å². The monoisotopic (exact) mass is 462 g/mol. The number of unbranched alkanes of at least 4 members (excludes halogenated alkanes) is 4. The van der Waals surface area contributed by atoms with Gasteiger partial charge >= 0.3 is 0 Å². The molecule has 0 spiro atoms. The molecule has 1 nitrogen and oxygen atoms in total. The van der Waals surface area contributed by atoms with Crippen LogP contribution in [0.2, 0.25) is 0 Å². The average molecular weight is 462 g/mol. The zero-order chi connectivity index (χ0) is 28.1. The van der Waals surface area contributed by atoms with E-state index in [1.807, 2.05) is 40.7 Å². The van der Waals surface area contributed by atoms with Crippen molar-refractivity contribution in [2.75, 3.05) is 7.05 Å². The zero-order valence-electron chi connectivity index (χ0n) is 26.6. The number of nitrogens with two attached hydrogens (primary N) is 1. The Morgan fingerprint density at radius 2 is 0.844 bits per heavy atom. The van der Waals surface area contributed by atoms with E-state index >= 15 is 0 Å². The van der Waals surface area contributed by atoms with Gasteiger partial charge < -0.3 is 5.73 Å². The van der Waals surface area contributed by atoms with Crippen LogP contribution in [0, 0.1) is 0 Å². The summed E-state index contributed by atoms with van der Waals surface area (Å²) in [5.74, 6) is 0. The molecule has 1 heteroatoms. The first kappa shape index (κ1) is 57.7. The average Bonchev–Trinajstić information content (AvgIpc) is 2.88. The summed E-state index contributed by atoms with van der Waals surface area (Å²) in [7, 11) is 1.50. The summed E-state index contributed by atoms with van der Waals surface area (Å²) in [5.41, 5.74) is 5.97. The van der Waals surface area contributed by atoms with Crippen LogP contribution in [0.4, 0.5) is 0 Å². The number of rotatable bonds is 6. The van der Waals surface area contributed by atoms with Crippen LogP contribution in [0.3, 0.4) is 0 Å². The maximum atomic E-state index is 4.50. The second-order valence-electron chi connectivity index (χ2n) is 5.95. The van der Waals surface area contributed by atoms with Crippen molar-refractivity contribution in [1.82, 2.24) is 0 Å². The Hall–Kier alpha value is -0.820. The number of allylic oxidation sites excluding steroid dienone is 4. The van der Waals surface area contributed by atoms with Crippen LogP contribution in [0.15, 0.2) is 37.0 Å². The maximum Gasteiger partial charge on any atom is -0.0195 e. The standard InChI is InChI=1S/C6H12.C5H12.2C4H10.C4H8.C3H6.2C2H6.CH5N/c1-4-6(3)5-2;1-3-5-4-2;3*1-3-4-2;1-3-2;3*1-2/h4H,5H2,1-3H3;3-5H2,1-2H3;2*3-4H2,1-2H3;3H,1,4H2,2H3;3H,1H2,2H3;2*1-2H3;2H2,1H3/b6-4+;;;;;;;;. The lowest BCUT2D eigenvalue weighted by molar-refractivity contribution is 0.772. The third-order valence-electron chi connectivity index (χ3n) is 3.05. The summed E-state index contributed by atoms with van der Waals surface area (Å²) < 4.78 is 0. The van der Waals surface area contributed by atoms with E-state index < -0.39 is 0 Å². The first-order chi connectivity index (χ1) is 15.4. The molecule has 0 radical (unpaired) electrons. The fourth-order valence-electron chi connectivity index (χ4n) is 0.558. The second-order valence-corrected chi connectivity index (χ2v) is 5.95. The molecular weight excluding hydrogens is 386 g/mol. The van der Waals surface area contributed by atoms with Crippen molar-refractivity contribution in [2.45, 2.75) is 162 Å². The van der Waals surface area contributed by atoms with E-state index in [4.69, 9.17) is 0 Å². The molecule has 0 bridgehead atoms. The molecular formula is C31H75N. The summed E-state index contributed by atoms with van der Waals surface area (Å²) in [6, 6.07) is 0. The van der Waals surface area contributed by atoms with E-state index in [2.05, 4.69) is 94.2 Å². The fourth-order valence-corrected chi connectivity index (χ4v) is 0.558. The Kier molecular flexibility index (Phi) is 231. The van der Waals surface area contributed by atoms with Crippen molar-refractivity contribution in [1.29, 1.82) is 0 Å². The highest BCUT2D eigenvalue weighted by Crippen LogP contribution is 1.94. The smallest absolute Gasteiger partial charge is 0.0195 e. The predicted octanol–water partition coefficient (Wildman–Crippen LogP) is 12.6. The van der Waals surface area contributed by atoms with E-state index in [0.29, 0.717) is 0 Å². The van der Waals surface area contributed by atoms with Crippen LogP contribution in [-0.2, 0) is 0 Å². The summed E-state index contributed by atoms with van der Waals surface area (Å²) in [4.78, 5) is 0. The van der Waals surface area contributed by atoms with E-state index in [0.717, 1.165) is 6.42 Å². The molecule has 0 aromatic rings. The summed E-state index contributed by atoms with van der Waals surface area (Å²) in [6.07, 6.45) is 17.4. The highest BCUT2D eigenvalue weighted by molar-refractivity contribution is 4.93. The van der Waals surface area contributed by atoms with Gasteiger partial charge in [0.15, 0.2) is 0 Å². The summed E-state index contributed by atoms with van der Waals surface area (Å²) in [6.45, 7) is 38.3. The molecule has 0 atom stereocenters. The van der Waals surface area contributed by atoms with E-state index in [9.17, 15) is 0 Å². The quantitative estimate of drug-likeness (QED) is 0.391. The molecule has 0 aliphatic carbocycles. The molecule has 204 valence electrons. The van der Waals surface area contributed by atoms with Gasteiger partial charge in [-0.1, -0.05) is 152 Å². The van der Waals surface area contributed by atoms with Gasteiger partial charge in [0.1, 0.15) is 0 Å². The second kappa shape index (κ2) is 128. The van der Waals surface area contributed by atoms with Crippen LogP contribution in [0.25, 0.3) is 0 Å². The van der Waals surface area contributed by atoms with Gasteiger partial charge in [-0.3, -0.25) is 0 Å². The minimum absolute atomic E-state index is 1.08. The van der Waals surface area contributed by atoms with Gasteiger partial charge in [-0.25, -0.2) is 0 Å². The van der Waals surface area contributed by atoms with Gasteiger partial charge in [0, 0.05) is 0 Å². The van der Waals surface area contributed by atoms with Crippen LogP contribution in [0.5, 0.6) is 0 Å². The Morgan fingerprint density at radius 1 is 0.625 bits per heavy atom. The van der Waals surface area contributed by atoms with Gasteiger partial charge in [0.05, 0.1) is 0 Å². The van der Waals surface area contributed by atoms with E-state index in [-0.39, 0.29) is 0 Å². The summed E-state index contributed by atoms with van der Waals surface area (Å²) >= 11 is 0. The van der Waals surface area contributed by atoms with Gasteiger partial charge in [0.2, 0.25) is 0 Å². The molecule has 0 aliphatic heterocycles. The topological polar surface area (TPSA) is 26.0 Å². The lowest BCUT2D eigenvalue weighted by atomic mass is 10.2. The van der Waals surface area contributed by atoms with Crippen LogP contribution >= 0.6 is 0 Å². The first-order valence-electron chi connectivity index (χ1n) is 13.8. The molecule has 32 heavy (non-hydrogen) atoms. The van der Waals surface area contributed by atoms with Crippen LogP contribution < -0.4 is 5.73 Å². The van der Waals surface area contributed by atoms with E-state index in [1.54, 1.807) is 6.08 Å². The fraction of sp³-hybridized carbons (Fsp3) is 0.806. The molecule has 0 heterocycles. The van der Waals surface area contributed by atoms with Gasteiger partial charge in [-0.15, -0.1) is 13.2 Å². The zero-order valence-corrected chi connectivity index (χ0v) is 26.6. The minimum Gasteiger partial charge on any atom is -0.333 e. The minimum atomic E-state index is 1.08. The molecule has 0 aromatic heterocycles. The SMILES string of the molecule is C/C=C(\C)CC.C=CC.C=CCC.CC.CC.CCCC.CCCC.CCCCC.CN. The van der Waals surface area contributed by atoms with Gasteiger partial charge in [-0.2, -0.15) is 0 Å². The Bertz CT molecular complexity index is 195. The molecule has 0 fully saturated rings. The molecule has 0 amide bonds. The Labute approximate surface area is 211 Å². The van der Waals surface area contributed by atoms with Crippen molar-refractivity contribution in [2.24, 2.45) is 5.73 Å². The van der Waals surface area contributed by atoms with Crippen molar-refractivity contribution in [3.63, 3.8) is 0 Å². The number of hydrogen-bond donors (Lipinski definition) is 1. The molecule has 2 N–H and O–H groups in total. The number of hydrogen-bond acceptors (Lipinski definition) is 1. The Morgan fingerprint density at radius 3 is 0.844 bits per heavy atom. The largest absolute Gasteiger partial charge is 0.333 e. The van der Waals surface area contributed by atoms with Crippen molar-refractivity contribution in [3.8, 4) is 0 Å². The predicted molar refractivity (Wildman–Crippen MR) is 165 cm³/mol. The highest BCUT2D eigenvalue weighted by atomic mass is 14.4. The lowest BCUT2D eigenvalue weighted by Gasteiger charge is -1.85. The molecule has 0 aromatic carbocycles. The third kappa shape index (κ3) is 346. The maximum absolute atomic E-state index is 4.50. The first-order valence-corrected chi connectivity index (χ1v) is 13.8. The highest BCUT2D eigenvalue weighted by Gasteiger charge is 1.73. The van der Waals surface area contributed by atoms with Crippen LogP contribution in [0.1, 0.15) is 162 Å². The molecule has 0 saturated carbocycles. The van der Waals surface area contributed by atoms with Crippen molar-refractivity contribution < 1.29 is 0 Å². The molecule has 0 unspecified atom stereocenters. The third-order valence-corrected chi connectivity index (χ3v) is 3.05. The normalized spacial score (nSPS) is 7.22. The summed E-state index contributed by atoms with van der Waals surface area (Å²) in [5, 5.41) is 0.